The molecule has 3 unspecified atom stereocenters. The second-order valence-corrected chi connectivity index (χ2v) is 5.14. The third-order valence-corrected chi connectivity index (χ3v) is 3.64. The van der Waals surface area contributed by atoms with E-state index in [4.69, 9.17) is 9.47 Å². The molecule has 1 N–H and O–H groups in total. The second kappa shape index (κ2) is 8.90. The standard InChI is InChI=1S/C14H29NO2/c1-4-9-15-14(12(2)8-11-16-3)13-7-5-6-10-17-13/h12-15H,4-11H2,1-3H3. The van der Waals surface area contributed by atoms with E-state index < -0.39 is 0 Å². The van der Waals surface area contributed by atoms with Crippen LogP contribution in [0.3, 0.4) is 0 Å². The van der Waals surface area contributed by atoms with Gasteiger partial charge in [0, 0.05) is 26.4 Å². The molecule has 0 radical (unpaired) electrons. The number of nitrogens with one attached hydrogen (secondary N) is 1. The van der Waals surface area contributed by atoms with E-state index in [-0.39, 0.29) is 0 Å². The molecule has 0 aromatic rings. The molecule has 0 aromatic carbocycles. The highest BCUT2D eigenvalue weighted by Crippen LogP contribution is 2.22. The third kappa shape index (κ3) is 5.36. The van der Waals surface area contributed by atoms with E-state index in [2.05, 4.69) is 19.2 Å². The van der Waals surface area contributed by atoms with Gasteiger partial charge in [-0.25, -0.2) is 0 Å². The summed E-state index contributed by atoms with van der Waals surface area (Å²) in [6.45, 7) is 7.39. The van der Waals surface area contributed by atoms with Crippen molar-refractivity contribution in [2.24, 2.45) is 5.92 Å². The van der Waals surface area contributed by atoms with Gasteiger partial charge in [0.15, 0.2) is 0 Å². The van der Waals surface area contributed by atoms with Gasteiger partial charge in [-0.2, -0.15) is 0 Å². The Kier molecular flexibility index (Phi) is 7.82. The predicted molar refractivity (Wildman–Crippen MR) is 71.3 cm³/mol. The summed E-state index contributed by atoms with van der Waals surface area (Å²) in [7, 11) is 1.78. The first-order chi connectivity index (χ1) is 8.29. The average molecular weight is 243 g/mol. The molecular weight excluding hydrogens is 214 g/mol. The fourth-order valence-corrected chi connectivity index (χ4v) is 2.54. The molecule has 0 saturated carbocycles. The zero-order valence-corrected chi connectivity index (χ0v) is 11.7. The summed E-state index contributed by atoms with van der Waals surface area (Å²) in [5.41, 5.74) is 0. The normalized spacial score (nSPS) is 24.5. The Balaban J connectivity index is 2.44. The molecule has 1 rings (SSSR count). The lowest BCUT2D eigenvalue weighted by Crippen LogP contribution is -2.47. The molecule has 3 atom stereocenters. The van der Waals surface area contributed by atoms with E-state index in [9.17, 15) is 0 Å². The lowest BCUT2D eigenvalue weighted by atomic mass is 9.90. The lowest BCUT2D eigenvalue weighted by molar-refractivity contribution is -0.0220. The van der Waals surface area contributed by atoms with Crippen molar-refractivity contribution >= 4 is 0 Å². The van der Waals surface area contributed by atoms with Crippen molar-refractivity contribution in [1.82, 2.24) is 5.32 Å². The Morgan fingerprint density at radius 1 is 1.41 bits per heavy atom. The Hall–Kier alpha value is -0.120. The molecule has 0 aromatic heterocycles. The van der Waals surface area contributed by atoms with Crippen LogP contribution in [0.25, 0.3) is 0 Å². The number of hydrogen-bond acceptors (Lipinski definition) is 3. The summed E-state index contributed by atoms with van der Waals surface area (Å²) in [6.07, 6.45) is 6.44. The van der Waals surface area contributed by atoms with Crippen LogP contribution in [0.15, 0.2) is 0 Å². The average Bonchev–Trinajstić information content (AvgIpc) is 2.38. The molecule has 3 heteroatoms. The van der Waals surface area contributed by atoms with Gasteiger partial charge in [0.25, 0.3) is 0 Å². The lowest BCUT2D eigenvalue weighted by Gasteiger charge is -2.35. The topological polar surface area (TPSA) is 30.5 Å². The van der Waals surface area contributed by atoms with Crippen LogP contribution in [-0.4, -0.2) is 39.0 Å². The minimum atomic E-state index is 0.405. The first-order valence-corrected chi connectivity index (χ1v) is 7.13. The minimum absolute atomic E-state index is 0.405. The van der Waals surface area contributed by atoms with Crippen molar-refractivity contribution in [3.8, 4) is 0 Å². The van der Waals surface area contributed by atoms with Crippen LogP contribution < -0.4 is 5.32 Å². The van der Waals surface area contributed by atoms with Crippen LogP contribution in [0.4, 0.5) is 0 Å². The zero-order valence-electron chi connectivity index (χ0n) is 11.7. The van der Waals surface area contributed by atoms with Crippen molar-refractivity contribution in [3.05, 3.63) is 0 Å². The monoisotopic (exact) mass is 243 g/mol. The number of methoxy groups -OCH3 is 1. The summed E-state index contributed by atoms with van der Waals surface area (Å²) in [5.74, 6) is 0.615. The molecule has 17 heavy (non-hydrogen) atoms. The van der Waals surface area contributed by atoms with E-state index >= 15 is 0 Å². The van der Waals surface area contributed by atoms with Crippen LogP contribution in [0.2, 0.25) is 0 Å². The highest BCUT2D eigenvalue weighted by Gasteiger charge is 2.28. The summed E-state index contributed by atoms with van der Waals surface area (Å²) in [4.78, 5) is 0. The van der Waals surface area contributed by atoms with Crippen molar-refractivity contribution in [3.63, 3.8) is 0 Å². The van der Waals surface area contributed by atoms with Crippen molar-refractivity contribution in [2.75, 3.05) is 26.9 Å². The maximum absolute atomic E-state index is 5.93. The van der Waals surface area contributed by atoms with E-state index in [0.717, 1.165) is 26.2 Å². The van der Waals surface area contributed by atoms with Gasteiger partial charge < -0.3 is 14.8 Å². The molecule has 3 nitrogen and oxygen atoms in total. The van der Waals surface area contributed by atoms with Crippen molar-refractivity contribution in [2.45, 2.75) is 58.1 Å². The largest absolute Gasteiger partial charge is 0.385 e. The quantitative estimate of drug-likeness (QED) is 0.711. The Labute approximate surface area is 106 Å². The first kappa shape index (κ1) is 14.9. The molecule has 0 spiro atoms. The molecular formula is C14H29NO2. The Morgan fingerprint density at radius 2 is 2.24 bits per heavy atom. The SMILES string of the molecule is CCCNC(C(C)CCOC)C1CCCCO1. The van der Waals surface area contributed by atoms with Gasteiger partial charge in [-0.15, -0.1) is 0 Å². The van der Waals surface area contributed by atoms with Gasteiger partial charge in [-0.1, -0.05) is 13.8 Å². The molecule has 0 bridgehead atoms. The fraction of sp³-hybridized carbons (Fsp3) is 1.00. The van der Waals surface area contributed by atoms with Crippen molar-refractivity contribution in [1.29, 1.82) is 0 Å². The van der Waals surface area contributed by atoms with Crippen LogP contribution >= 0.6 is 0 Å². The maximum atomic E-state index is 5.93. The van der Waals surface area contributed by atoms with Gasteiger partial charge in [0.1, 0.15) is 0 Å². The summed E-state index contributed by atoms with van der Waals surface area (Å²) >= 11 is 0. The fourth-order valence-electron chi connectivity index (χ4n) is 2.54. The number of ether oxygens (including phenoxy) is 2. The van der Waals surface area contributed by atoms with E-state index in [1.54, 1.807) is 7.11 Å². The summed E-state index contributed by atoms with van der Waals surface area (Å²) in [5, 5.41) is 3.67. The molecule has 1 heterocycles. The first-order valence-electron chi connectivity index (χ1n) is 7.13. The zero-order chi connectivity index (χ0) is 12.5. The van der Waals surface area contributed by atoms with Gasteiger partial charge in [-0.05, 0) is 44.6 Å². The van der Waals surface area contributed by atoms with E-state index in [1.165, 1.54) is 25.7 Å². The summed E-state index contributed by atoms with van der Waals surface area (Å²) < 4.78 is 11.1. The molecule has 1 aliphatic heterocycles. The Morgan fingerprint density at radius 3 is 2.82 bits per heavy atom. The van der Waals surface area contributed by atoms with Crippen LogP contribution in [0.5, 0.6) is 0 Å². The second-order valence-electron chi connectivity index (χ2n) is 5.14. The van der Waals surface area contributed by atoms with Crippen LogP contribution in [0.1, 0.15) is 46.0 Å². The molecule has 1 aliphatic rings. The van der Waals surface area contributed by atoms with Crippen LogP contribution in [-0.2, 0) is 9.47 Å². The smallest absolute Gasteiger partial charge is 0.0730 e. The molecule has 102 valence electrons. The van der Waals surface area contributed by atoms with Crippen molar-refractivity contribution < 1.29 is 9.47 Å². The number of rotatable bonds is 8. The molecule has 1 saturated heterocycles. The minimum Gasteiger partial charge on any atom is -0.385 e. The van der Waals surface area contributed by atoms with Gasteiger partial charge in [0.2, 0.25) is 0 Å². The Bertz CT molecular complexity index is 181. The molecule has 1 fully saturated rings. The molecule has 0 amide bonds. The predicted octanol–water partition coefficient (Wildman–Crippen LogP) is 2.60. The van der Waals surface area contributed by atoms with Gasteiger partial charge in [0.05, 0.1) is 6.10 Å². The third-order valence-electron chi connectivity index (χ3n) is 3.64. The van der Waals surface area contributed by atoms with Gasteiger partial charge >= 0.3 is 0 Å². The summed E-state index contributed by atoms with van der Waals surface area (Å²) in [6, 6.07) is 0.491. The van der Waals surface area contributed by atoms with Gasteiger partial charge in [-0.3, -0.25) is 0 Å². The highest BCUT2D eigenvalue weighted by atomic mass is 16.5. The maximum Gasteiger partial charge on any atom is 0.0730 e. The van der Waals surface area contributed by atoms with Crippen LogP contribution in [0, 0.1) is 5.92 Å². The highest BCUT2D eigenvalue weighted by molar-refractivity contribution is 4.83. The number of hydrogen-bond donors (Lipinski definition) is 1. The van der Waals surface area contributed by atoms with E-state index in [0.29, 0.717) is 18.1 Å². The molecule has 0 aliphatic carbocycles. The van der Waals surface area contributed by atoms with E-state index in [1.807, 2.05) is 0 Å².